The Labute approximate surface area is 226 Å². The third kappa shape index (κ3) is 5.15. The Hall–Kier alpha value is -2.66. The molecule has 1 unspecified atom stereocenters. The molecule has 2 aromatic heterocycles. The Morgan fingerprint density at radius 2 is 1.92 bits per heavy atom. The number of nitrogens with one attached hydrogen (secondary N) is 2. The molecule has 3 fully saturated rings. The van der Waals surface area contributed by atoms with E-state index in [4.69, 9.17) is 0 Å². The lowest BCUT2D eigenvalue weighted by molar-refractivity contribution is -0.136. The van der Waals surface area contributed by atoms with E-state index >= 15 is 0 Å². The number of imidazole rings is 1. The van der Waals surface area contributed by atoms with Crippen molar-refractivity contribution in [2.75, 3.05) is 26.8 Å². The number of benzene rings is 1. The van der Waals surface area contributed by atoms with Gasteiger partial charge < -0.3 is 0 Å². The van der Waals surface area contributed by atoms with Crippen LogP contribution in [0.5, 0.6) is 0 Å². The molecule has 2 saturated heterocycles. The van der Waals surface area contributed by atoms with Crippen molar-refractivity contribution in [1.82, 2.24) is 29.6 Å². The zero-order valence-corrected chi connectivity index (χ0v) is 22.5. The lowest BCUT2D eigenvalue weighted by Crippen LogP contribution is -2.44. The van der Waals surface area contributed by atoms with Crippen LogP contribution in [0.1, 0.15) is 61.6 Å². The monoisotopic (exact) mass is 542 g/mol. The molecule has 39 heavy (non-hydrogen) atoms. The highest BCUT2D eigenvalue weighted by atomic mass is 19.4. The smallest absolute Gasteiger partial charge is 0.299 e. The van der Waals surface area contributed by atoms with Gasteiger partial charge in [0.1, 0.15) is 0 Å². The van der Waals surface area contributed by atoms with E-state index in [2.05, 4.69) is 40.7 Å². The molecule has 10 heteroatoms. The van der Waals surface area contributed by atoms with E-state index in [0.717, 1.165) is 51.0 Å². The molecule has 0 radical (unpaired) electrons. The first-order chi connectivity index (χ1) is 18.7. The fourth-order valence-electron chi connectivity index (χ4n) is 6.67. The summed E-state index contributed by atoms with van der Waals surface area (Å²) in [4.78, 5) is 18.0. The second-order valence-corrected chi connectivity index (χ2v) is 11.8. The number of halogens is 3. The quantitative estimate of drug-likeness (QED) is 0.479. The molecule has 3 atom stereocenters. The Bertz CT molecular complexity index is 1390. The topological polar surface area (TPSA) is 57.0 Å². The van der Waals surface area contributed by atoms with Gasteiger partial charge in [0.2, 0.25) is 0 Å². The third-order valence-corrected chi connectivity index (χ3v) is 8.86. The minimum absolute atomic E-state index is 0.104. The lowest BCUT2D eigenvalue weighted by atomic mass is 9.71. The van der Waals surface area contributed by atoms with E-state index in [-0.39, 0.29) is 17.6 Å². The molecule has 4 heterocycles. The van der Waals surface area contributed by atoms with Crippen molar-refractivity contribution in [2.45, 2.75) is 63.8 Å². The normalized spacial score (nSPS) is 24.3. The van der Waals surface area contributed by atoms with Crippen LogP contribution in [-0.4, -0.2) is 51.7 Å². The van der Waals surface area contributed by atoms with E-state index < -0.39 is 17.4 Å². The molecule has 2 aliphatic heterocycles. The predicted octanol–water partition coefficient (Wildman–Crippen LogP) is 4.55. The molecule has 1 aromatic carbocycles. The molecule has 0 amide bonds. The minimum atomic E-state index is -4.57. The van der Waals surface area contributed by atoms with Gasteiger partial charge in [-0.3, -0.25) is 18.8 Å². The van der Waals surface area contributed by atoms with Crippen molar-refractivity contribution >= 4 is 5.52 Å². The number of hydrogen-bond acceptors (Lipinski definition) is 5. The van der Waals surface area contributed by atoms with Crippen LogP contribution >= 0.6 is 0 Å². The number of hydrogen-bond donors (Lipinski definition) is 2. The Balaban J connectivity index is 1.40. The highest BCUT2D eigenvalue weighted by Crippen LogP contribution is 2.42. The molecule has 0 spiro atoms. The van der Waals surface area contributed by atoms with Crippen molar-refractivity contribution in [1.29, 1.82) is 0 Å². The van der Waals surface area contributed by atoms with Gasteiger partial charge in [-0.25, -0.2) is 15.6 Å². The zero-order chi connectivity index (χ0) is 27.3. The summed E-state index contributed by atoms with van der Waals surface area (Å²) < 4.78 is 45.3. The number of aromatic nitrogens is 2. The van der Waals surface area contributed by atoms with Gasteiger partial charge in [-0.15, -0.1) is 0 Å². The van der Waals surface area contributed by atoms with Gasteiger partial charge in [-0.1, -0.05) is 25.5 Å². The van der Waals surface area contributed by atoms with Gasteiger partial charge in [0.05, 0.1) is 29.6 Å². The summed E-state index contributed by atoms with van der Waals surface area (Å²) in [7, 11) is 2.07. The molecular weight excluding hydrogens is 505 g/mol. The second-order valence-electron chi connectivity index (χ2n) is 11.8. The summed E-state index contributed by atoms with van der Waals surface area (Å²) in [5, 5.41) is 0. The molecule has 7 nitrogen and oxygen atoms in total. The van der Waals surface area contributed by atoms with E-state index in [1.54, 1.807) is 12.3 Å². The molecule has 3 aromatic rings. The van der Waals surface area contributed by atoms with E-state index in [0.29, 0.717) is 29.6 Å². The average Bonchev–Trinajstić information content (AvgIpc) is 3.43. The SMILES string of the molecule is C[C@H]1CCCN(Cc2cc(C(F)(F)F)c3cn(-c4cccc([C@@H](C5CCC5)C5NNCN5C)c4)c(=O)n3c2)C1. The number of hydrazine groups is 1. The Morgan fingerprint density at radius 1 is 1.10 bits per heavy atom. The maximum Gasteiger partial charge on any atom is 0.418 e. The number of alkyl halides is 3. The predicted molar refractivity (Wildman–Crippen MR) is 144 cm³/mol. The first-order valence-electron chi connectivity index (χ1n) is 14.0. The number of pyridine rings is 1. The van der Waals surface area contributed by atoms with Crippen LogP contribution in [0, 0.1) is 11.8 Å². The first-order valence-corrected chi connectivity index (χ1v) is 14.0. The Morgan fingerprint density at radius 3 is 2.59 bits per heavy atom. The van der Waals surface area contributed by atoms with Crippen LogP contribution in [0.3, 0.4) is 0 Å². The molecule has 1 aliphatic carbocycles. The highest BCUT2D eigenvalue weighted by Gasteiger charge is 2.39. The number of nitrogens with zero attached hydrogens (tertiary/aromatic N) is 4. The lowest BCUT2D eigenvalue weighted by Gasteiger charge is -2.39. The molecule has 1 saturated carbocycles. The number of rotatable bonds is 6. The van der Waals surface area contributed by atoms with Crippen LogP contribution in [0.25, 0.3) is 11.2 Å². The fourth-order valence-corrected chi connectivity index (χ4v) is 6.67. The van der Waals surface area contributed by atoms with Crippen molar-refractivity contribution in [3.8, 4) is 5.69 Å². The Kier molecular flexibility index (Phi) is 7.07. The second kappa shape index (κ2) is 10.4. The van der Waals surface area contributed by atoms with Gasteiger partial charge in [0, 0.05) is 31.4 Å². The van der Waals surface area contributed by atoms with Crippen LogP contribution < -0.4 is 16.5 Å². The zero-order valence-electron chi connectivity index (χ0n) is 22.5. The van der Waals surface area contributed by atoms with Gasteiger partial charge in [-0.05, 0) is 80.4 Å². The standard InChI is InChI=1S/C29H37F3N6O/c1-19-6-5-11-36(14-19)15-20-12-24(29(30,31)32)25-17-37(28(39)38(25)16-20)23-10-4-9-22(13-23)26(21-7-3-8-21)27-34-33-18-35(27)2/h4,9-10,12-13,16-17,19,21,26-27,33-34H,3,5-8,11,14-15,18H2,1-2H3/t19-,26+,27?/m0/s1. The summed E-state index contributed by atoms with van der Waals surface area (Å²) in [6, 6.07) is 8.97. The number of piperidine rings is 1. The van der Waals surface area contributed by atoms with E-state index in [1.165, 1.54) is 27.7 Å². The molecule has 2 N–H and O–H groups in total. The number of likely N-dealkylation sites (N-methyl/N-ethyl adjacent to an activating group) is 1. The summed E-state index contributed by atoms with van der Waals surface area (Å²) in [5.74, 6) is 1.23. The van der Waals surface area contributed by atoms with Crippen LogP contribution in [0.4, 0.5) is 13.2 Å². The third-order valence-electron chi connectivity index (χ3n) is 8.86. The van der Waals surface area contributed by atoms with E-state index in [9.17, 15) is 18.0 Å². The molecule has 0 bridgehead atoms. The first kappa shape index (κ1) is 26.6. The summed E-state index contributed by atoms with van der Waals surface area (Å²) in [6.45, 7) is 5.01. The molecule has 6 rings (SSSR count). The van der Waals surface area contributed by atoms with Crippen molar-refractivity contribution in [3.63, 3.8) is 0 Å². The van der Waals surface area contributed by atoms with Gasteiger partial charge >= 0.3 is 11.9 Å². The van der Waals surface area contributed by atoms with Gasteiger partial charge in [0.25, 0.3) is 0 Å². The molecular formula is C29H37F3N6O. The van der Waals surface area contributed by atoms with Crippen LogP contribution in [0.2, 0.25) is 0 Å². The molecule has 210 valence electrons. The van der Waals surface area contributed by atoms with Crippen molar-refractivity contribution in [3.05, 3.63) is 69.9 Å². The average molecular weight is 543 g/mol. The highest BCUT2D eigenvalue weighted by molar-refractivity contribution is 5.58. The van der Waals surface area contributed by atoms with E-state index in [1.807, 2.05) is 12.1 Å². The summed E-state index contributed by atoms with van der Waals surface area (Å²) in [5.41, 5.74) is 7.40. The van der Waals surface area contributed by atoms with Crippen molar-refractivity contribution in [2.24, 2.45) is 11.8 Å². The van der Waals surface area contributed by atoms with Crippen molar-refractivity contribution < 1.29 is 13.2 Å². The van der Waals surface area contributed by atoms with Crippen LogP contribution in [0.15, 0.2) is 47.5 Å². The van der Waals surface area contributed by atoms with Gasteiger partial charge in [0.15, 0.2) is 0 Å². The van der Waals surface area contributed by atoms with Gasteiger partial charge in [-0.2, -0.15) is 13.2 Å². The largest absolute Gasteiger partial charge is 0.418 e. The van der Waals surface area contributed by atoms with Crippen LogP contribution in [-0.2, 0) is 12.7 Å². The fraction of sp³-hybridized carbons (Fsp3) is 0.552. The maximum atomic E-state index is 14.2. The summed E-state index contributed by atoms with van der Waals surface area (Å²) in [6.07, 6.45) is 4.12. The summed E-state index contributed by atoms with van der Waals surface area (Å²) >= 11 is 0. The minimum Gasteiger partial charge on any atom is -0.299 e. The maximum absolute atomic E-state index is 14.2. The number of fused-ring (bicyclic) bond motifs is 1. The number of likely N-dealkylation sites (tertiary alicyclic amines) is 1. The molecule has 3 aliphatic rings.